The quantitative estimate of drug-likeness (QED) is 0.942. The van der Waals surface area contributed by atoms with Crippen LogP contribution in [0.5, 0.6) is 0 Å². The largest absolute Gasteiger partial charge is 0.386 e. The van der Waals surface area contributed by atoms with Gasteiger partial charge in [0.25, 0.3) is 5.56 Å². The Bertz CT molecular complexity index is 715. The minimum absolute atomic E-state index is 0.0395. The maximum absolute atomic E-state index is 12.8. The summed E-state index contributed by atoms with van der Waals surface area (Å²) in [5, 5.41) is 10.7. The highest BCUT2D eigenvalue weighted by Crippen LogP contribution is 2.33. The lowest BCUT2D eigenvalue weighted by molar-refractivity contribution is 0.0796. The minimum atomic E-state index is -0.748. The summed E-state index contributed by atoms with van der Waals surface area (Å²) in [6.07, 6.45) is 4.71. The summed E-state index contributed by atoms with van der Waals surface area (Å²) < 4.78 is 1.75. The average molecular weight is 300 g/mol. The number of para-hydroxylation sites is 2. The lowest BCUT2D eigenvalue weighted by atomic mass is 9.84. The van der Waals surface area contributed by atoms with Crippen molar-refractivity contribution in [2.24, 2.45) is 5.92 Å². The van der Waals surface area contributed by atoms with Crippen LogP contribution >= 0.6 is 0 Å². The van der Waals surface area contributed by atoms with E-state index in [2.05, 4.69) is 4.98 Å². The number of fused-ring (bicyclic) bond motifs is 1. The van der Waals surface area contributed by atoms with E-state index in [4.69, 9.17) is 0 Å². The molecular formula is C18H24N2O2. The number of hydrogen-bond donors (Lipinski definition) is 1. The van der Waals surface area contributed by atoms with Gasteiger partial charge in [0, 0.05) is 6.04 Å². The van der Waals surface area contributed by atoms with Gasteiger partial charge in [-0.2, -0.15) is 0 Å². The third-order valence-electron chi connectivity index (χ3n) is 4.71. The second-order valence-corrected chi connectivity index (χ2v) is 6.60. The number of rotatable bonds is 3. The Morgan fingerprint density at radius 2 is 1.86 bits per heavy atom. The lowest BCUT2D eigenvalue weighted by Crippen LogP contribution is -2.31. The van der Waals surface area contributed by atoms with Crippen LogP contribution in [-0.4, -0.2) is 14.7 Å². The Morgan fingerprint density at radius 3 is 2.55 bits per heavy atom. The standard InChI is InChI=1S/C18H24N2O2/c1-12(2)20-15-11-7-6-10-14(15)19-16(18(20)22)17(21)13-8-4-3-5-9-13/h6-7,10-13,17,21H,3-5,8-9H2,1-2H3. The minimum Gasteiger partial charge on any atom is -0.386 e. The maximum Gasteiger partial charge on any atom is 0.275 e. The molecule has 2 aromatic rings. The fourth-order valence-electron chi connectivity index (χ4n) is 3.55. The number of hydrogen-bond acceptors (Lipinski definition) is 3. The van der Waals surface area contributed by atoms with Crippen LogP contribution in [0.2, 0.25) is 0 Å². The van der Waals surface area contributed by atoms with Crippen LogP contribution in [0.15, 0.2) is 29.1 Å². The molecule has 0 saturated heterocycles. The van der Waals surface area contributed by atoms with Crippen molar-refractivity contribution < 1.29 is 5.11 Å². The Hall–Kier alpha value is -1.68. The maximum atomic E-state index is 12.8. The highest BCUT2D eigenvalue weighted by Gasteiger charge is 2.27. The van der Waals surface area contributed by atoms with Crippen molar-refractivity contribution in [1.82, 2.24) is 9.55 Å². The molecule has 0 radical (unpaired) electrons. The van der Waals surface area contributed by atoms with Crippen molar-refractivity contribution in [1.29, 1.82) is 0 Å². The van der Waals surface area contributed by atoms with Crippen LogP contribution in [-0.2, 0) is 0 Å². The molecule has 1 heterocycles. The number of aromatic nitrogens is 2. The van der Waals surface area contributed by atoms with E-state index in [-0.39, 0.29) is 17.5 Å². The van der Waals surface area contributed by atoms with Gasteiger partial charge in [0.05, 0.1) is 11.0 Å². The molecule has 1 fully saturated rings. The number of nitrogens with zero attached hydrogens (tertiary/aromatic N) is 2. The normalized spacial score (nSPS) is 18.0. The zero-order chi connectivity index (χ0) is 15.7. The molecule has 1 aromatic heterocycles. The van der Waals surface area contributed by atoms with Crippen LogP contribution in [0.3, 0.4) is 0 Å². The van der Waals surface area contributed by atoms with Crippen molar-refractivity contribution in [3.63, 3.8) is 0 Å². The Balaban J connectivity index is 2.13. The summed E-state index contributed by atoms with van der Waals surface area (Å²) >= 11 is 0. The molecule has 4 heteroatoms. The van der Waals surface area contributed by atoms with Crippen LogP contribution < -0.4 is 5.56 Å². The molecule has 1 unspecified atom stereocenters. The molecule has 1 saturated carbocycles. The van der Waals surface area contributed by atoms with E-state index in [0.717, 1.165) is 36.7 Å². The van der Waals surface area contributed by atoms with E-state index < -0.39 is 6.10 Å². The van der Waals surface area contributed by atoms with E-state index >= 15 is 0 Å². The van der Waals surface area contributed by atoms with Gasteiger partial charge in [0.15, 0.2) is 0 Å². The zero-order valence-corrected chi connectivity index (χ0v) is 13.3. The van der Waals surface area contributed by atoms with Gasteiger partial charge in [-0.3, -0.25) is 4.79 Å². The first-order valence-electron chi connectivity index (χ1n) is 8.29. The van der Waals surface area contributed by atoms with Crippen LogP contribution in [0.25, 0.3) is 11.0 Å². The molecule has 0 spiro atoms. The second kappa shape index (κ2) is 6.21. The Labute approximate surface area is 130 Å². The molecule has 0 amide bonds. The third-order valence-corrected chi connectivity index (χ3v) is 4.71. The van der Waals surface area contributed by atoms with Crippen molar-refractivity contribution in [3.05, 3.63) is 40.3 Å². The van der Waals surface area contributed by atoms with Gasteiger partial charge < -0.3 is 9.67 Å². The highest BCUT2D eigenvalue weighted by atomic mass is 16.3. The van der Waals surface area contributed by atoms with Crippen LogP contribution in [0, 0.1) is 5.92 Å². The monoisotopic (exact) mass is 300 g/mol. The van der Waals surface area contributed by atoms with E-state index in [9.17, 15) is 9.90 Å². The summed E-state index contributed by atoms with van der Waals surface area (Å²) in [6, 6.07) is 7.70. The van der Waals surface area contributed by atoms with Crippen molar-refractivity contribution in [3.8, 4) is 0 Å². The van der Waals surface area contributed by atoms with Crippen LogP contribution in [0.4, 0.5) is 0 Å². The second-order valence-electron chi connectivity index (χ2n) is 6.60. The first-order valence-corrected chi connectivity index (χ1v) is 8.29. The van der Waals surface area contributed by atoms with Gasteiger partial charge in [-0.15, -0.1) is 0 Å². The molecule has 0 bridgehead atoms. The average Bonchev–Trinajstić information content (AvgIpc) is 2.54. The van der Waals surface area contributed by atoms with Crippen molar-refractivity contribution in [2.45, 2.75) is 58.1 Å². The molecule has 0 aliphatic heterocycles. The predicted octanol–water partition coefficient (Wildman–Crippen LogP) is 3.59. The molecular weight excluding hydrogens is 276 g/mol. The fourth-order valence-corrected chi connectivity index (χ4v) is 3.55. The van der Waals surface area contributed by atoms with Gasteiger partial charge in [0.2, 0.25) is 0 Å². The first-order chi connectivity index (χ1) is 10.6. The van der Waals surface area contributed by atoms with Gasteiger partial charge in [-0.05, 0) is 44.7 Å². The number of aliphatic hydroxyl groups is 1. The molecule has 1 aliphatic carbocycles. The summed E-state index contributed by atoms with van der Waals surface area (Å²) in [5.41, 5.74) is 1.79. The predicted molar refractivity (Wildman–Crippen MR) is 87.9 cm³/mol. The number of benzene rings is 1. The van der Waals surface area contributed by atoms with Gasteiger partial charge in [0.1, 0.15) is 11.8 Å². The van der Waals surface area contributed by atoms with E-state index in [1.54, 1.807) is 4.57 Å². The summed E-state index contributed by atoms with van der Waals surface area (Å²) in [4.78, 5) is 17.4. The molecule has 1 atom stereocenters. The van der Waals surface area contributed by atoms with E-state index in [1.165, 1.54) is 6.42 Å². The highest BCUT2D eigenvalue weighted by molar-refractivity contribution is 5.74. The van der Waals surface area contributed by atoms with Crippen LogP contribution in [0.1, 0.15) is 63.8 Å². The molecule has 1 aromatic carbocycles. The van der Waals surface area contributed by atoms with Gasteiger partial charge in [-0.25, -0.2) is 4.98 Å². The molecule has 22 heavy (non-hydrogen) atoms. The Kier molecular flexibility index (Phi) is 4.30. The van der Waals surface area contributed by atoms with Gasteiger partial charge in [-0.1, -0.05) is 31.4 Å². The Morgan fingerprint density at radius 1 is 1.18 bits per heavy atom. The molecule has 1 aliphatic rings. The van der Waals surface area contributed by atoms with Crippen molar-refractivity contribution in [2.75, 3.05) is 0 Å². The molecule has 3 rings (SSSR count). The SMILES string of the molecule is CC(C)n1c(=O)c(C(O)C2CCCCC2)nc2ccccc21. The van der Waals surface area contributed by atoms with Gasteiger partial charge >= 0.3 is 0 Å². The van der Waals surface area contributed by atoms with E-state index in [0.29, 0.717) is 5.69 Å². The molecule has 1 N–H and O–H groups in total. The topological polar surface area (TPSA) is 55.1 Å². The fraction of sp³-hybridized carbons (Fsp3) is 0.556. The third kappa shape index (κ3) is 2.68. The summed E-state index contributed by atoms with van der Waals surface area (Å²) in [5.74, 6) is 0.163. The smallest absolute Gasteiger partial charge is 0.275 e. The molecule has 118 valence electrons. The number of aliphatic hydroxyl groups excluding tert-OH is 1. The zero-order valence-electron chi connectivity index (χ0n) is 13.3. The first kappa shape index (κ1) is 15.2. The van der Waals surface area contributed by atoms with E-state index in [1.807, 2.05) is 38.1 Å². The van der Waals surface area contributed by atoms with Crippen molar-refractivity contribution >= 4 is 11.0 Å². The molecule has 4 nitrogen and oxygen atoms in total. The summed E-state index contributed by atoms with van der Waals surface area (Å²) in [6.45, 7) is 3.98. The summed E-state index contributed by atoms with van der Waals surface area (Å²) in [7, 11) is 0. The lowest BCUT2D eigenvalue weighted by Gasteiger charge is -2.26.